The van der Waals surface area contributed by atoms with Gasteiger partial charge in [0.15, 0.2) is 0 Å². The first-order chi connectivity index (χ1) is 18.8. The van der Waals surface area contributed by atoms with Crippen LogP contribution in [0.1, 0.15) is 19.3 Å². The molecule has 1 aromatic carbocycles. The molecule has 2 aliphatic heterocycles. The molecule has 2 aliphatic rings. The highest BCUT2D eigenvalue weighted by Gasteiger charge is 2.40. The molecule has 1 spiro atoms. The summed E-state index contributed by atoms with van der Waals surface area (Å²) in [4.78, 5) is 21.5. The molecule has 2 fully saturated rings. The van der Waals surface area contributed by atoms with Crippen LogP contribution < -0.4 is 10.6 Å². The molecule has 4 heterocycles. The Labute approximate surface area is 236 Å². The number of nitrogens with one attached hydrogen (secondary N) is 2. The van der Waals surface area contributed by atoms with Crippen LogP contribution >= 0.6 is 23.4 Å². The number of aliphatic hydroxyl groups excluding tert-OH is 1. The minimum absolute atomic E-state index is 0.0315. The fourth-order valence-electron chi connectivity index (χ4n) is 5.22. The van der Waals surface area contributed by atoms with Gasteiger partial charge in [-0.25, -0.2) is 14.2 Å². The summed E-state index contributed by atoms with van der Waals surface area (Å²) in [5.74, 6) is 0.366. The van der Waals surface area contributed by atoms with Crippen molar-refractivity contribution in [3.63, 3.8) is 0 Å². The highest BCUT2D eigenvalue weighted by Crippen LogP contribution is 2.40. The number of thioether (sulfide) groups is 1. The van der Waals surface area contributed by atoms with Crippen LogP contribution in [0, 0.1) is 11.2 Å². The largest absolute Gasteiger partial charge is 0.396 e. The Morgan fingerprint density at radius 3 is 2.69 bits per heavy atom. The third kappa shape index (κ3) is 6.60. The van der Waals surface area contributed by atoms with E-state index >= 15 is 0 Å². The summed E-state index contributed by atoms with van der Waals surface area (Å²) in [6.45, 7) is 3.66. The number of nitrogens with zero attached hydrogens (tertiary/aromatic N) is 5. The molecule has 12 heteroatoms. The SMILES string of the molecule is CN1CCC2(CCN(C(=O)Nc3cc(Nc4cc(-c5cc(Cl)ccc5F)nnc4SCCO)ccn3)CC2)C1. The number of rotatable bonds is 7. The van der Waals surface area contributed by atoms with E-state index < -0.39 is 5.82 Å². The third-order valence-electron chi connectivity index (χ3n) is 7.31. The van der Waals surface area contributed by atoms with E-state index in [0.717, 1.165) is 39.0 Å². The molecule has 2 amide bonds. The summed E-state index contributed by atoms with van der Waals surface area (Å²) in [7, 11) is 2.16. The lowest BCUT2D eigenvalue weighted by molar-refractivity contribution is 0.128. The summed E-state index contributed by atoms with van der Waals surface area (Å²) in [6.07, 6.45) is 4.82. The van der Waals surface area contributed by atoms with E-state index in [2.05, 4.69) is 37.8 Å². The highest BCUT2D eigenvalue weighted by molar-refractivity contribution is 7.99. The quantitative estimate of drug-likeness (QED) is 0.336. The number of pyridine rings is 1. The summed E-state index contributed by atoms with van der Waals surface area (Å²) < 4.78 is 14.5. The number of amides is 2. The molecule has 0 bridgehead atoms. The number of carbonyl (C=O) groups excluding carboxylic acids is 1. The van der Waals surface area contributed by atoms with Gasteiger partial charge in [0.2, 0.25) is 0 Å². The van der Waals surface area contributed by atoms with Gasteiger partial charge in [-0.05, 0) is 68.6 Å². The standard InChI is InChI=1S/C27H31ClFN7O2S/c1-35-9-5-27(17-35)6-10-36(11-7-27)26(38)32-24-15-19(4-8-30-24)31-23-16-22(33-34-25(23)39-13-12-37)20-14-18(28)2-3-21(20)29/h2-4,8,14-16,37H,5-7,9-13,17H2,1H3,(H2,30,31,32,33,38). The van der Waals surface area contributed by atoms with Crippen molar-refractivity contribution in [2.75, 3.05) is 56.2 Å². The molecule has 0 aliphatic carbocycles. The van der Waals surface area contributed by atoms with Gasteiger partial charge in [0.05, 0.1) is 18.0 Å². The summed E-state index contributed by atoms with van der Waals surface area (Å²) in [6, 6.07) is 9.27. The van der Waals surface area contributed by atoms with E-state index in [0.29, 0.717) is 44.1 Å². The Bertz CT molecular complexity index is 1340. The van der Waals surface area contributed by atoms with Crippen LogP contribution in [0.3, 0.4) is 0 Å². The van der Waals surface area contributed by atoms with E-state index in [1.807, 2.05) is 4.90 Å². The molecule has 206 valence electrons. The van der Waals surface area contributed by atoms with Crippen LogP contribution in [0.2, 0.25) is 5.02 Å². The lowest BCUT2D eigenvalue weighted by atomic mass is 9.78. The highest BCUT2D eigenvalue weighted by atomic mass is 35.5. The molecule has 3 aromatic rings. The van der Waals surface area contributed by atoms with Crippen molar-refractivity contribution in [3.8, 4) is 11.3 Å². The minimum atomic E-state index is -0.465. The first kappa shape index (κ1) is 27.6. The average molecular weight is 572 g/mol. The maximum Gasteiger partial charge on any atom is 0.323 e. The second-order valence-electron chi connectivity index (χ2n) is 10.1. The minimum Gasteiger partial charge on any atom is -0.396 e. The third-order valence-corrected chi connectivity index (χ3v) is 8.51. The predicted molar refractivity (Wildman–Crippen MR) is 152 cm³/mol. The monoisotopic (exact) mass is 571 g/mol. The molecule has 0 atom stereocenters. The molecular formula is C27H31ClFN7O2S. The number of hydrogen-bond acceptors (Lipinski definition) is 8. The van der Waals surface area contributed by atoms with Crippen LogP contribution in [-0.4, -0.2) is 81.7 Å². The molecule has 9 nitrogen and oxygen atoms in total. The van der Waals surface area contributed by atoms with Crippen molar-refractivity contribution in [1.29, 1.82) is 0 Å². The van der Waals surface area contributed by atoms with Gasteiger partial charge in [-0.2, -0.15) is 0 Å². The van der Waals surface area contributed by atoms with E-state index in [1.165, 1.54) is 36.4 Å². The van der Waals surface area contributed by atoms with Crippen LogP contribution in [-0.2, 0) is 0 Å². The zero-order valence-electron chi connectivity index (χ0n) is 21.7. The van der Waals surface area contributed by atoms with Crippen LogP contribution in [0.15, 0.2) is 47.6 Å². The number of urea groups is 1. The Balaban J connectivity index is 1.30. The number of carbonyl (C=O) groups is 1. The Morgan fingerprint density at radius 2 is 1.95 bits per heavy atom. The molecule has 2 aromatic heterocycles. The smallest absolute Gasteiger partial charge is 0.323 e. The molecule has 5 rings (SSSR count). The van der Waals surface area contributed by atoms with Gasteiger partial charge in [0.1, 0.15) is 16.7 Å². The van der Waals surface area contributed by atoms with Gasteiger partial charge in [-0.1, -0.05) is 11.6 Å². The molecule has 39 heavy (non-hydrogen) atoms. The van der Waals surface area contributed by atoms with Crippen molar-refractivity contribution in [2.24, 2.45) is 5.41 Å². The second-order valence-corrected chi connectivity index (χ2v) is 11.6. The molecule has 0 saturated carbocycles. The van der Waals surface area contributed by atoms with E-state index in [1.54, 1.807) is 24.4 Å². The van der Waals surface area contributed by atoms with Gasteiger partial charge >= 0.3 is 6.03 Å². The molecule has 3 N–H and O–H groups in total. The number of aromatic nitrogens is 3. The van der Waals surface area contributed by atoms with Gasteiger partial charge in [-0.15, -0.1) is 22.0 Å². The van der Waals surface area contributed by atoms with Crippen LogP contribution in [0.4, 0.5) is 26.4 Å². The zero-order valence-corrected chi connectivity index (χ0v) is 23.2. The average Bonchev–Trinajstić information content (AvgIpc) is 3.29. The van der Waals surface area contributed by atoms with Gasteiger partial charge < -0.3 is 20.2 Å². The Morgan fingerprint density at radius 1 is 1.15 bits per heavy atom. The number of hydrogen-bond donors (Lipinski definition) is 3. The van der Waals surface area contributed by atoms with E-state index in [9.17, 15) is 14.3 Å². The molecule has 0 unspecified atom stereocenters. The normalized spacial score (nSPS) is 17.0. The van der Waals surface area contributed by atoms with Crippen molar-refractivity contribution in [1.82, 2.24) is 25.0 Å². The van der Waals surface area contributed by atoms with Gasteiger partial charge in [-0.3, -0.25) is 5.32 Å². The first-order valence-corrected chi connectivity index (χ1v) is 14.2. The number of aliphatic hydroxyl groups is 1. The number of anilines is 3. The van der Waals surface area contributed by atoms with Gasteiger partial charge in [0.25, 0.3) is 0 Å². The maximum absolute atomic E-state index is 14.5. The fraction of sp³-hybridized carbons (Fsp3) is 0.407. The first-order valence-electron chi connectivity index (χ1n) is 12.9. The van der Waals surface area contributed by atoms with E-state index in [-0.39, 0.29) is 18.2 Å². The summed E-state index contributed by atoms with van der Waals surface area (Å²) >= 11 is 7.40. The summed E-state index contributed by atoms with van der Waals surface area (Å²) in [5, 5.41) is 24.9. The van der Waals surface area contributed by atoms with Gasteiger partial charge in [0, 0.05) is 53.9 Å². The Kier molecular flexibility index (Phi) is 8.51. The lowest BCUT2D eigenvalue weighted by Crippen LogP contribution is -2.45. The number of likely N-dealkylation sites (tertiary alicyclic amines) is 2. The fourth-order valence-corrected chi connectivity index (χ4v) is 6.04. The number of benzene rings is 1. The van der Waals surface area contributed by atoms with Crippen molar-refractivity contribution in [3.05, 3.63) is 53.4 Å². The topological polar surface area (TPSA) is 107 Å². The lowest BCUT2D eigenvalue weighted by Gasteiger charge is -2.39. The predicted octanol–water partition coefficient (Wildman–Crippen LogP) is 5.11. The summed E-state index contributed by atoms with van der Waals surface area (Å²) in [5.41, 5.74) is 2.11. The van der Waals surface area contributed by atoms with Crippen LogP contribution in [0.5, 0.6) is 0 Å². The number of piperidine rings is 1. The van der Waals surface area contributed by atoms with Crippen molar-refractivity contribution in [2.45, 2.75) is 24.3 Å². The number of halogens is 2. The van der Waals surface area contributed by atoms with Crippen molar-refractivity contribution >= 4 is 46.6 Å². The van der Waals surface area contributed by atoms with Crippen LogP contribution in [0.25, 0.3) is 11.3 Å². The Hall–Kier alpha value is -2.99. The molecule has 0 radical (unpaired) electrons. The van der Waals surface area contributed by atoms with Crippen molar-refractivity contribution < 1.29 is 14.3 Å². The molecule has 2 saturated heterocycles. The maximum atomic E-state index is 14.5. The van der Waals surface area contributed by atoms with E-state index in [4.69, 9.17) is 11.6 Å². The molecular weight excluding hydrogens is 541 g/mol. The zero-order chi connectivity index (χ0) is 27.4. The second kappa shape index (κ2) is 12.0.